The molecule has 1 aliphatic heterocycles. The van der Waals surface area contributed by atoms with Crippen molar-refractivity contribution in [2.24, 2.45) is 5.92 Å². The van der Waals surface area contributed by atoms with Gasteiger partial charge in [-0.1, -0.05) is 72.3 Å². The van der Waals surface area contributed by atoms with Crippen LogP contribution >= 0.6 is 0 Å². The number of hydrogen-bond acceptors (Lipinski definition) is 3. The van der Waals surface area contributed by atoms with Crippen LogP contribution in [0.2, 0.25) is 18.1 Å². The van der Waals surface area contributed by atoms with Crippen LogP contribution in [0.5, 0.6) is 0 Å². The van der Waals surface area contributed by atoms with Crippen LogP contribution < -0.4 is 0 Å². The molecule has 0 spiro atoms. The third-order valence-corrected chi connectivity index (χ3v) is 11.5. The van der Waals surface area contributed by atoms with Gasteiger partial charge in [0.15, 0.2) is 8.32 Å². The molecule has 1 saturated heterocycles. The van der Waals surface area contributed by atoms with Gasteiger partial charge in [0.05, 0.1) is 6.61 Å². The van der Waals surface area contributed by atoms with Crippen molar-refractivity contribution >= 4 is 8.32 Å². The Bertz CT molecular complexity index is 561. The molecule has 0 aromatic heterocycles. The Balaban J connectivity index is 2.92. The van der Waals surface area contributed by atoms with Crippen molar-refractivity contribution in [2.45, 2.75) is 123 Å². The van der Waals surface area contributed by atoms with Crippen LogP contribution in [0.4, 0.5) is 0 Å². The summed E-state index contributed by atoms with van der Waals surface area (Å²) in [7, 11) is -1.82. The summed E-state index contributed by atoms with van der Waals surface area (Å²) in [6, 6.07) is 0. The van der Waals surface area contributed by atoms with Crippen LogP contribution in [-0.4, -0.2) is 26.1 Å². The van der Waals surface area contributed by atoms with E-state index in [-0.39, 0.29) is 16.2 Å². The van der Waals surface area contributed by atoms with Gasteiger partial charge in [-0.3, -0.25) is 0 Å². The van der Waals surface area contributed by atoms with Crippen molar-refractivity contribution in [3.8, 4) is 0 Å². The smallest absolute Gasteiger partial charge is 0.192 e. The van der Waals surface area contributed by atoms with Gasteiger partial charge in [0.1, 0.15) is 11.2 Å². The van der Waals surface area contributed by atoms with Gasteiger partial charge in [0.25, 0.3) is 0 Å². The van der Waals surface area contributed by atoms with Gasteiger partial charge in [-0.25, -0.2) is 9.78 Å². The van der Waals surface area contributed by atoms with E-state index in [9.17, 15) is 0 Å². The fourth-order valence-electron chi connectivity index (χ4n) is 3.62. The molecule has 1 rings (SSSR count). The Labute approximate surface area is 182 Å². The highest BCUT2D eigenvalue weighted by atomic mass is 28.4. The summed E-state index contributed by atoms with van der Waals surface area (Å²) in [5.41, 5.74) is 0.693. The van der Waals surface area contributed by atoms with Gasteiger partial charge < -0.3 is 4.43 Å². The Morgan fingerprint density at radius 1 is 1.10 bits per heavy atom. The summed E-state index contributed by atoms with van der Waals surface area (Å²) in [5, 5.41) is 0.195. The maximum absolute atomic E-state index is 6.55. The molecule has 0 aromatic rings. The number of allylic oxidation sites excluding steroid dienone is 3. The third-order valence-electron chi connectivity index (χ3n) is 7.01. The van der Waals surface area contributed by atoms with Gasteiger partial charge >= 0.3 is 0 Å². The van der Waals surface area contributed by atoms with Crippen LogP contribution in [-0.2, 0) is 14.2 Å². The zero-order valence-electron chi connectivity index (χ0n) is 21.0. The highest BCUT2D eigenvalue weighted by molar-refractivity contribution is 6.74. The quantitative estimate of drug-likeness (QED) is 0.191. The molecule has 1 heterocycles. The molecule has 0 N–H and O–H groups in total. The summed E-state index contributed by atoms with van der Waals surface area (Å²) in [6.45, 7) is 23.1. The first-order chi connectivity index (χ1) is 13.4. The van der Waals surface area contributed by atoms with Gasteiger partial charge in [-0.15, -0.1) is 0 Å². The minimum absolute atomic E-state index is 0.195. The standard InChI is InChI=1S/C25H48O3Si/c1-11-15-16-22(12-2)17-21(5)18-24(13-3)19-25(14-4,28-27-24)20-26-29(9,10)23(6,7)8/h15-16,18,22H,11-14,17,19-20H2,1-10H3/b16-15+,21-18+/t22-,24-,25-/m0/s1. The molecule has 29 heavy (non-hydrogen) atoms. The summed E-state index contributed by atoms with van der Waals surface area (Å²) < 4.78 is 6.55. The lowest BCUT2D eigenvalue weighted by Crippen LogP contribution is -2.46. The van der Waals surface area contributed by atoms with Crippen LogP contribution in [0.25, 0.3) is 0 Å². The molecule has 0 saturated carbocycles. The van der Waals surface area contributed by atoms with Gasteiger partial charge in [-0.05, 0) is 63.1 Å². The highest BCUT2D eigenvalue weighted by Crippen LogP contribution is 2.44. The average Bonchev–Trinajstić information content (AvgIpc) is 3.02. The first kappa shape index (κ1) is 26.6. The maximum Gasteiger partial charge on any atom is 0.192 e. The molecule has 3 nitrogen and oxygen atoms in total. The average molecular weight is 425 g/mol. The fraction of sp³-hybridized carbons (Fsp3) is 0.840. The van der Waals surface area contributed by atoms with E-state index in [1.807, 2.05) is 0 Å². The highest BCUT2D eigenvalue weighted by Gasteiger charge is 2.50. The maximum atomic E-state index is 6.55. The van der Waals surface area contributed by atoms with Gasteiger partial charge in [-0.2, -0.15) is 0 Å². The van der Waals surface area contributed by atoms with Crippen molar-refractivity contribution < 1.29 is 14.2 Å². The molecule has 0 aliphatic carbocycles. The fourth-order valence-corrected chi connectivity index (χ4v) is 4.68. The minimum atomic E-state index is -1.82. The van der Waals surface area contributed by atoms with E-state index in [0.29, 0.717) is 12.5 Å². The van der Waals surface area contributed by atoms with Crippen LogP contribution in [0.1, 0.15) is 93.9 Å². The molecule has 0 amide bonds. The minimum Gasteiger partial charge on any atom is -0.414 e. The second-order valence-electron chi connectivity index (χ2n) is 10.5. The first-order valence-electron chi connectivity index (χ1n) is 11.7. The molecule has 4 heteroatoms. The van der Waals surface area contributed by atoms with Crippen LogP contribution in [0.3, 0.4) is 0 Å². The van der Waals surface area contributed by atoms with E-state index in [2.05, 4.69) is 86.7 Å². The number of hydrogen-bond donors (Lipinski definition) is 0. The van der Waals surface area contributed by atoms with E-state index in [1.54, 1.807) is 0 Å². The lowest BCUT2D eigenvalue weighted by molar-refractivity contribution is -0.346. The summed E-state index contributed by atoms with van der Waals surface area (Å²) in [6.07, 6.45) is 13.0. The Hall–Kier alpha value is -0.423. The first-order valence-corrected chi connectivity index (χ1v) is 14.6. The van der Waals surface area contributed by atoms with Crippen LogP contribution in [0.15, 0.2) is 23.8 Å². The molecule has 1 aliphatic rings. The van der Waals surface area contributed by atoms with Gasteiger partial charge in [0.2, 0.25) is 0 Å². The van der Waals surface area contributed by atoms with Gasteiger partial charge in [0, 0.05) is 6.42 Å². The third kappa shape index (κ3) is 7.34. The van der Waals surface area contributed by atoms with E-state index in [1.165, 1.54) is 5.57 Å². The van der Waals surface area contributed by atoms with E-state index in [0.717, 1.165) is 38.5 Å². The molecule has 0 unspecified atom stereocenters. The Morgan fingerprint density at radius 3 is 2.24 bits per heavy atom. The second kappa shape index (κ2) is 10.7. The SMILES string of the molecule is CC/C=C/[C@H](CC)C/C(C)=C/[C@@]1(CC)C[C@@](CC)(CO[Si](C)(C)C(C)(C)C)OO1. The summed E-state index contributed by atoms with van der Waals surface area (Å²) in [4.78, 5) is 12.1. The number of rotatable bonds is 11. The van der Waals surface area contributed by atoms with Crippen molar-refractivity contribution in [1.82, 2.24) is 0 Å². The molecule has 1 fully saturated rings. The van der Waals surface area contributed by atoms with Crippen molar-refractivity contribution in [2.75, 3.05) is 6.61 Å². The Kier molecular flexibility index (Phi) is 9.86. The molecule has 0 radical (unpaired) electrons. The van der Waals surface area contributed by atoms with Crippen molar-refractivity contribution in [3.05, 3.63) is 23.8 Å². The molecular formula is C25H48O3Si. The predicted molar refractivity (Wildman–Crippen MR) is 128 cm³/mol. The lowest BCUT2D eigenvalue weighted by Gasteiger charge is -2.38. The second-order valence-corrected chi connectivity index (χ2v) is 15.4. The van der Waals surface area contributed by atoms with Crippen molar-refractivity contribution in [3.63, 3.8) is 0 Å². The van der Waals surface area contributed by atoms with E-state index in [4.69, 9.17) is 14.2 Å². The molecule has 0 bridgehead atoms. The van der Waals surface area contributed by atoms with Crippen molar-refractivity contribution in [1.29, 1.82) is 0 Å². The topological polar surface area (TPSA) is 27.7 Å². The molecular weight excluding hydrogens is 376 g/mol. The molecule has 3 atom stereocenters. The lowest BCUT2D eigenvalue weighted by atomic mass is 9.83. The normalized spacial score (nSPS) is 27.7. The van der Waals surface area contributed by atoms with E-state index < -0.39 is 8.32 Å². The summed E-state index contributed by atoms with van der Waals surface area (Å²) in [5.74, 6) is 0.597. The molecule has 0 aromatic carbocycles. The van der Waals surface area contributed by atoms with E-state index >= 15 is 0 Å². The zero-order chi connectivity index (χ0) is 22.3. The monoisotopic (exact) mass is 424 g/mol. The molecule has 170 valence electrons. The zero-order valence-corrected chi connectivity index (χ0v) is 22.0. The predicted octanol–water partition coefficient (Wildman–Crippen LogP) is 7.99. The largest absolute Gasteiger partial charge is 0.414 e. The van der Waals surface area contributed by atoms with Crippen LogP contribution in [0, 0.1) is 5.92 Å². The summed E-state index contributed by atoms with van der Waals surface area (Å²) >= 11 is 0. The Morgan fingerprint density at radius 2 is 1.76 bits per heavy atom.